The molecule has 0 spiro atoms. The third-order valence-electron chi connectivity index (χ3n) is 2.84. The van der Waals surface area contributed by atoms with E-state index in [1.807, 2.05) is 29.0 Å². The molecule has 1 aromatic carbocycles. The molecule has 0 saturated heterocycles. The maximum absolute atomic E-state index is 8.36. The number of hydrogen-bond donors (Lipinski definition) is 1. The van der Waals surface area contributed by atoms with Gasteiger partial charge in [0.25, 0.3) is 5.09 Å². The van der Waals surface area contributed by atoms with E-state index in [2.05, 4.69) is 11.6 Å². The Morgan fingerprint density at radius 1 is 1.50 bits per heavy atom. The second kappa shape index (κ2) is 9.07. The summed E-state index contributed by atoms with van der Waals surface area (Å²) >= 11 is 12.2. The summed E-state index contributed by atoms with van der Waals surface area (Å²) in [6, 6.07) is 5.63. The smallest absolute Gasteiger partial charge is 0.291 e. The van der Waals surface area contributed by atoms with Crippen LogP contribution in [0.3, 0.4) is 0 Å². The quantitative estimate of drug-likeness (QED) is 0.501. The first kappa shape index (κ1) is 18.0. The van der Waals surface area contributed by atoms with Crippen LogP contribution in [-0.4, -0.2) is 19.8 Å². The third kappa shape index (κ3) is 6.15. The predicted octanol–water partition coefficient (Wildman–Crippen LogP) is 4.20. The minimum atomic E-state index is -1.50. The van der Waals surface area contributed by atoms with Gasteiger partial charge in [-0.3, -0.25) is 0 Å². The van der Waals surface area contributed by atoms with Crippen molar-refractivity contribution in [2.45, 2.75) is 18.9 Å². The molecule has 0 aliphatic heterocycles. The molecule has 1 aromatic heterocycles. The summed E-state index contributed by atoms with van der Waals surface area (Å²) in [6.07, 6.45) is 8.29. The van der Waals surface area contributed by atoms with Crippen LogP contribution in [0.1, 0.15) is 17.9 Å². The van der Waals surface area contributed by atoms with Gasteiger partial charge in [-0.15, -0.1) is 16.7 Å². The molecule has 0 amide bonds. The number of benzene rings is 1. The topological polar surface area (TPSA) is 81.2 Å². The van der Waals surface area contributed by atoms with Gasteiger partial charge in [0.05, 0.1) is 6.33 Å². The average molecular weight is 344 g/mol. The summed E-state index contributed by atoms with van der Waals surface area (Å²) in [6.45, 7) is 4.64. The first-order chi connectivity index (χ1) is 10.4. The van der Waals surface area contributed by atoms with Gasteiger partial charge in [-0.2, -0.15) is 0 Å². The molecular weight excluding hydrogens is 329 g/mol. The highest BCUT2D eigenvalue weighted by molar-refractivity contribution is 6.35. The maximum atomic E-state index is 8.36. The lowest BCUT2D eigenvalue weighted by atomic mass is 9.95. The lowest BCUT2D eigenvalue weighted by molar-refractivity contribution is -0.742. The van der Waals surface area contributed by atoms with Crippen LogP contribution in [0.2, 0.25) is 10.0 Å². The normalized spacial score (nSPS) is 11.2. The zero-order chi connectivity index (χ0) is 16.5. The Kier molecular flexibility index (Phi) is 7.42. The van der Waals surface area contributed by atoms with E-state index in [1.54, 1.807) is 18.6 Å². The van der Waals surface area contributed by atoms with Crippen LogP contribution in [0.15, 0.2) is 49.6 Å². The van der Waals surface area contributed by atoms with Crippen molar-refractivity contribution < 1.29 is 10.3 Å². The number of hydrogen-bond acceptors (Lipinski definition) is 3. The minimum Gasteiger partial charge on any atom is -0.337 e. The van der Waals surface area contributed by atoms with E-state index in [0.29, 0.717) is 10.0 Å². The molecule has 1 unspecified atom stereocenters. The van der Waals surface area contributed by atoms with Gasteiger partial charge in [0, 0.05) is 34.9 Å². The monoisotopic (exact) mass is 343 g/mol. The molecule has 0 aliphatic carbocycles. The van der Waals surface area contributed by atoms with Crippen LogP contribution < -0.4 is 0 Å². The van der Waals surface area contributed by atoms with Gasteiger partial charge < -0.3 is 9.77 Å². The molecule has 2 aromatic rings. The predicted molar refractivity (Wildman–Crippen MR) is 85.0 cm³/mol. The van der Waals surface area contributed by atoms with E-state index in [4.69, 9.17) is 38.5 Å². The van der Waals surface area contributed by atoms with E-state index in [-0.39, 0.29) is 5.92 Å². The Bertz CT molecular complexity index is 614. The standard InChI is InChI=1S/C14H14Cl2N2.HNO3/c1-2-3-11(9-18-7-6-17-10-18)13-5-4-12(15)8-14(13)16;2-1(3)4/h2,4-8,10-11H,1,3,9H2;(H,2,3,4). The molecule has 0 fully saturated rings. The van der Waals surface area contributed by atoms with Gasteiger partial charge in [0.2, 0.25) is 0 Å². The first-order valence-electron chi connectivity index (χ1n) is 6.29. The molecule has 1 atom stereocenters. The molecule has 8 heteroatoms. The van der Waals surface area contributed by atoms with Crippen LogP contribution >= 0.6 is 23.2 Å². The summed E-state index contributed by atoms with van der Waals surface area (Å²) in [5, 5.41) is 15.0. The van der Waals surface area contributed by atoms with Crippen LogP contribution in [-0.2, 0) is 6.54 Å². The number of nitrogens with zero attached hydrogens (tertiary/aromatic N) is 3. The lowest BCUT2D eigenvalue weighted by Crippen LogP contribution is -2.08. The maximum Gasteiger partial charge on any atom is 0.291 e. The molecule has 6 nitrogen and oxygen atoms in total. The molecule has 0 bridgehead atoms. The van der Waals surface area contributed by atoms with Gasteiger partial charge in [0.1, 0.15) is 0 Å². The van der Waals surface area contributed by atoms with E-state index in [0.717, 1.165) is 18.5 Å². The van der Waals surface area contributed by atoms with Crippen molar-refractivity contribution in [3.8, 4) is 0 Å². The fourth-order valence-corrected chi connectivity index (χ4v) is 2.55. The molecule has 0 radical (unpaired) electrons. The van der Waals surface area contributed by atoms with Crippen molar-refractivity contribution in [3.63, 3.8) is 0 Å². The zero-order valence-electron chi connectivity index (χ0n) is 11.6. The fourth-order valence-electron chi connectivity index (χ4n) is 1.98. The highest BCUT2D eigenvalue weighted by Crippen LogP contribution is 2.31. The third-order valence-corrected chi connectivity index (χ3v) is 3.41. The summed E-state index contributed by atoms with van der Waals surface area (Å²) in [5.74, 6) is 0.279. The second-order valence-electron chi connectivity index (χ2n) is 4.38. The van der Waals surface area contributed by atoms with Crippen LogP contribution in [0.4, 0.5) is 0 Å². The van der Waals surface area contributed by atoms with Crippen LogP contribution in [0.25, 0.3) is 0 Å². The van der Waals surface area contributed by atoms with Gasteiger partial charge in [-0.1, -0.05) is 35.3 Å². The Morgan fingerprint density at radius 3 is 2.68 bits per heavy atom. The molecule has 1 heterocycles. The summed E-state index contributed by atoms with van der Waals surface area (Å²) in [4.78, 5) is 12.4. The van der Waals surface area contributed by atoms with Crippen molar-refractivity contribution in [2.75, 3.05) is 0 Å². The number of allylic oxidation sites excluding steroid dienone is 1. The SMILES string of the molecule is C=CCC(Cn1ccnc1)c1ccc(Cl)cc1Cl.O=[N+]([O-])O. The fraction of sp³-hybridized carbons (Fsp3) is 0.214. The second-order valence-corrected chi connectivity index (χ2v) is 5.23. The van der Waals surface area contributed by atoms with Crippen molar-refractivity contribution in [3.05, 3.63) is 75.3 Å². The summed E-state index contributed by atoms with van der Waals surface area (Å²) in [7, 11) is 0. The average Bonchev–Trinajstić information content (AvgIpc) is 2.90. The molecule has 1 N–H and O–H groups in total. The van der Waals surface area contributed by atoms with Gasteiger partial charge in [-0.25, -0.2) is 4.98 Å². The molecular formula is C14H15Cl2N3O3. The highest BCUT2D eigenvalue weighted by atomic mass is 35.5. The number of rotatable bonds is 5. The zero-order valence-corrected chi connectivity index (χ0v) is 13.1. The minimum absolute atomic E-state index is 0.279. The van der Waals surface area contributed by atoms with E-state index < -0.39 is 5.09 Å². The van der Waals surface area contributed by atoms with E-state index in [1.165, 1.54) is 0 Å². The molecule has 0 aliphatic rings. The van der Waals surface area contributed by atoms with Crippen molar-refractivity contribution in [1.29, 1.82) is 0 Å². The van der Waals surface area contributed by atoms with Gasteiger partial charge in [0.15, 0.2) is 0 Å². The number of imidazole rings is 1. The van der Waals surface area contributed by atoms with Crippen LogP contribution in [0, 0.1) is 10.1 Å². The summed E-state index contributed by atoms with van der Waals surface area (Å²) in [5.41, 5.74) is 1.09. The van der Waals surface area contributed by atoms with E-state index >= 15 is 0 Å². The molecule has 118 valence electrons. The number of aromatic nitrogens is 2. The first-order valence-corrected chi connectivity index (χ1v) is 7.04. The van der Waals surface area contributed by atoms with E-state index in [9.17, 15) is 0 Å². The van der Waals surface area contributed by atoms with Crippen LogP contribution in [0.5, 0.6) is 0 Å². The molecule has 22 heavy (non-hydrogen) atoms. The largest absolute Gasteiger partial charge is 0.337 e. The highest BCUT2D eigenvalue weighted by Gasteiger charge is 2.14. The lowest BCUT2D eigenvalue weighted by Gasteiger charge is -2.17. The molecule has 0 saturated carbocycles. The van der Waals surface area contributed by atoms with Crippen molar-refractivity contribution in [1.82, 2.24) is 9.55 Å². The van der Waals surface area contributed by atoms with Gasteiger partial charge in [-0.05, 0) is 24.1 Å². The van der Waals surface area contributed by atoms with Crippen molar-refractivity contribution >= 4 is 23.2 Å². The molecule has 2 rings (SSSR count). The number of halogens is 2. The van der Waals surface area contributed by atoms with Crippen molar-refractivity contribution in [2.24, 2.45) is 0 Å². The Morgan fingerprint density at radius 2 is 2.18 bits per heavy atom. The summed E-state index contributed by atoms with van der Waals surface area (Å²) < 4.78 is 2.04. The van der Waals surface area contributed by atoms with Gasteiger partial charge >= 0.3 is 0 Å². The Balaban J connectivity index is 0.000000541. The Hall–Kier alpha value is -2.05. The Labute approximate surface area is 137 Å².